The van der Waals surface area contributed by atoms with Crippen molar-refractivity contribution in [2.75, 3.05) is 5.32 Å². The van der Waals surface area contributed by atoms with E-state index in [1.165, 1.54) is 11.3 Å². The molecule has 9 heteroatoms. The Morgan fingerprint density at radius 3 is 2.93 bits per heavy atom. The van der Waals surface area contributed by atoms with E-state index in [-0.39, 0.29) is 24.3 Å². The van der Waals surface area contributed by atoms with Gasteiger partial charge in [0.25, 0.3) is 5.91 Å². The Morgan fingerprint density at radius 1 is 1.39 bits per heavy atom. The average molecular weight is 399 g/mol. The van der Waals surface area contributed by atoms with Gasteiger partial charge in [-0.25, -0.2) is 4.98 Å². The highest BCUT2D eigenvalue weighted by Crippen LogP contribution is 2.28. The lowest BCUT2D eigenvalue weighted by Crippen LogP contribution is -2.52. The summed E-state index contributed by atoms with van der Waals surface area (Å²) in [5.74, 6) is -0.846. The van der Waals surface area contributed by atoms with Crippen molar-refractivity contribution in [3.63, 3.8) is 0 Å². The van der Waals surface area contributed by atoms with E-state index < -0.39 is 11.9 Å². The number of hydrogen-bond acceptors (Lipinski definition) is 7. The third kappa shape index (κ3) is 3.50. The molecule has 1 unspecified atom stereocenters. The van der Waals surface area contributed by atoms with Gasteiger partial charge in [0.05, 0.1) is 5.69 Å². The smallest absolute Gasteiger partial charge is 0.255 e. The third-order valence-electron chi connectivity index (χ3n) is 5.02. The Balaban J connectivity index is 1.45. The van der Waals surface area contributed by atoms with E-state index in [0.717, 1.165) is 22.0 Å². The van der Waals surface area contributed by atoms with Crippen LogP contribution in [0.5, 0.6) is 0 Å². The fourth-order valence-electron chi connectivity index (χ4n) is 3.47. The third-order valence-corrected chi connectivity index (χ3v) is 5.84. The normalized spacial score (nSPS) is 20.1. The van der Waals surface area contributed by atoms with E-state index in [4.69, 9.17) is 5.73 Å². The van der Waals surface area contributed by atoms with Crippen LogP contribution < -0.4 is 16.4 Å². The number of nitrogens with one attached hydrogen (secondary N) is 2. The second-order valence-electron chi connectivity index (χ2n) is 7.11. The monoisotopic (exact) mass is 399 g/mol. The Bertz CT molecular complexity index is 955. The molecule has 3 amide bonds. The predicted molar refractivity (Wildman–Crippen MR) is 105 cm³/mol. The summed E-state index contributed by atoms with van der Waals surface area (Å²) in [5.41, 5.74) is 9.13. The maximum atomic E-state index is 12.8. The molecule has 28 heavy (non-hydrogen) atoms. The highest BCUT2D eigenvalue weighted by Gasteiger charge is 2.39. The molecule has 2 atom stereocenters. The molecule has 0 spiro atoms. The van der Waals surface area contributed by atoms with Crippen LogP contribution in [0, 0.1) is 0 Å². The van der Waals surface area contributed by atoms with Crippen molar-refractivity contribution in [1.29, 1.82) is 0 Å². The van der Waals surface area contributed by atoms with Gasteiger partial charge >= 0.3 is 0 Å². The van der Waals surface area contributed by atoms with Gasteiger partial charge in [-0.2, -0.15) is 0 Å². The van der Waals surface area contributed by atoms with Crippen LogP contribution in [-0.2, 0) is 22.7 Å². The van der Waals surface area contributed by atoms with E-state index in [0.29, 0.717) is 25.1 Å². The van der Waals surface area contributed by atoms with Gasteiger partial charge in [0.1, 0.15) is 6.04 Å². The van der Waals surface area contributed by atoms with Gasteiger partial charge in [-0.1, -0.05) is 12.1 Å². The predicted octanol–water partition coefficient (Wildman–Crippen LogP) is 1.54. The van der Waals surface area contributed by atoms with E-state index in [2.05, 4.69) is 15.6 Å². The number of anilines is 1. The number of benzene rings is 1. The molecule has 1 saturated heterocycles. The quantitative estimate of drug-likeness (QED) is 0.657. The number of rotatable bonds is 5. The topological polar surface area (TPSA) is 117 Å². The van der Waals surface area contributed by atoms with Crippen LogP contribution in [0.15, 0.2) is 23.6 Å². The molecule has 0 bridgehead atoms. The maximum absolute atomic E-state index is 12.8. The maximum Gasteiger partial charge on any atom is 0.255 e. The first-order chi connectivity index (χ1) is 13.4. The number of aromatic nitrogens is 1. The van der Waals surface area contributed by atoms with Crippen molar-refractivity contribution in [1.82, 2.24) is 15.2 Å². The molecule has 146 valence electrons. The Morgan fingerprint density at radius 2 is 2.21 bits per heavy atom. The van der Waals surface area contributed by atoms with Gasteiger partial charge in [0, 0.05) is 36.5 Å². The second kappa shape index (κ2) is 7.33. The molecule has 1 aromatic carbocycles. The van der Waals surface area contributed by atoms with Gasteiger partial charge in [-0.3, -0.25) is 19.7 Å². The SMILES string of the molecule is C[C@@H](N)c1csc(NCc2ccc3c(c2)C(=O)N(C2CCC(=O)NC2=O)C3)n1. The molecule has 3 heterocycles. The molecule has 1 aromatic heterocycles. The molecule has 4 N–H and O–H groups in total. The summed E-state index contributed by atoms with van der Waals surface area (Å²) in [6.07, 6.45) is 0.619. The minimum Gasteiger partial charge on any atom is -0.357 e. The van der Waals surface area contributed by atoms with E-state index in [1.807, 2.05) is 30.5 Å². The highest BCUT2D eigenvalue weighted by molar-refractivity contribution is 7.13. The van der Waals surface area contributed by atoms with Crippen LogP contribution in [0.4, 0.5) is 5.13 Å². The lowest BCUT2D eigenvalue weighted by Gasteiger charge is -2.29. The first kappa shape index (κ1) is 18.6. The van der Waals surface area contributed by atoms with Crippen LogP contribution in [0.2, 0.25) is 0 Å². The summed E-state index contributed by atoms with van der Waals surface area (Å²) in [4.78, 5) is 42.3. The number of carbonyl (C=O) groups excluding carboxylic acids is 3. The zero-order chi connectivity index (χ0) is 19.8. The van der Waals surface area contributed by atoms with Crippen molar-refractivity contribution < 1.29 is 14.4 Å². The van der Waals surface area contributed by atoms with Crippen LogP contribution in [-0.4, -0.2) is 33.6 Å². The first-order valence-electron chi connectivity index (χ1n) is 9.13. The standard InChI is InChI=1S/C19H21N5O3S/c1-10(20)14-9-28-19(22-14)21-7-11-2-3-12-8-24(18(27)13(12)6-11)15-4-5-16(25)23-17(15)26/h2-3,6,9-10,15H,4-5,7-8,20H2,1H3,(H,21,22)(H,23,25,26)/t10-,15?/m1/s1. The van der Waals surface area contributed by atoms with E-state index >= 15 is 0 Å². The molecule has 4 rings (SSSR count). The van der Waals surface area contributed by atoms with Gasteiger partial charge in [-0.15, -0.1) is 11.3 Å². The van der Waals surface area contributed by atoms with Crippen molar-refractivity contribution >= 4 is 34.2 Å². The fourth-order valence-corrected chi connectivity index (χ4v) is 4.28. The zero-order valence-corrected chi connectivity index (χ0v) is 16.2. The summed E-state index contributed by atoms with van der Waals surface area (Å²) in [7, 11) is 0. The number of carbonyl (C=O) groups is 3. The van der Waals surface area contributed by atoms with Crippen LogP contribution in [0.1, 0.15) is 53.0 Å². The summed E-state index contributed by atoms with van der Waals surface area (Å²) in [5, 5.41) is 8.28. The summed E-state index contributed by atoms with van der Waals surface area (Å²) in [6, 6.07) is 5.05. The lowest BCUT2D eigenvalue weighted by molar-refractivity contribution is -0.136. The van der Waals surface area contributed by atoms with Gasteiger partial charge in [0.2, 0.25) is 11.8 Å². The minimum atomic E-state index is -0.592. The Hall–Kier alpha value is -2.78. The summed E-state index contributed by atoms with van der Waals surface area (Å²) < 4.78 is 0. The number of thiazole rings is 1. The highest BCUT2D eigenvalue weighted by atomic mass is 32.1. The number of hydrogen-bond donors (Lipinski definition) is 3. The van der Waals surface area contributed by atoms with E-state index in [1.54, 1.807) is 4.90 Å². The largest absolute Gasteiger partial charge is 0.357 e. The van der Waals surface area contributed by atoms with E-state index in [9.17, 15) is 14.4 Å². The summed E-state index contributed by atoms with van der Waals surface area (Å²) in [6.45, 7) is 2.81. The van der Waals surface area contributed by atoms with Crippen molar-refractivity contribution in [3.8, 4) is 0 Å². The number of piperidine rings is 1. The van der Waals surface area contributed by atoms with Crippen LogP contribution in [0.3, 0.4) is 0 Å². The number of nitrogens with zero attached hydrogens (tertiary/aromatic N) is 2. The van der Waals surface area contributed by atoms with Crippen LogP contribution in [0.25, 0.3) is 0 Å². The molecular formula is C19H21N5O3S. The number of fused-ring (bicyclic) bond motifs is 1. The number of imide groups is 1. The molecule has 0 saturated carbocycles. The molecule has 2 aliphatic heterocycles. The molecule has 2 aliphatic rings. The average Bonchev–Trinajstić information content (AvgIpc) is 3.26. The van der Waals surface area contributed by atoms with Gasteiger partial charge in [-0.05, 0) is 30.5 Å². The molecule has 8 nitrogen and oxygen atoms in total. The van der Waals surface area contributed by atoms with Crippen molar-refractivity contribution in [2.45, 2.75) is 44.9 Å². The summed E-state index contributed by atoms with van der Waals surface area (Å²) >= 11 is 1.49. The van der Waals surface area contributed by atoms with Gasteiger partial charge < -0.3 is 16.0 Å². The first-order valence-corrected chi connectivity index (χ1v) is 10.0. The van der Waals surface area contributed by atoms with Gasteiger partial charge in [0.15, 0.2) is 5.13 Å². The Labute approximate surface area is 166 Å². The lowest BCUT2D eigenvalue weighted by atomic mass is 10.0. The van der Waals surface area contributed by atoms with Crippen LogP contribution >= 0.6 is 11.3 Å². The Kier molecular flexibility index (Phi) is 4.86. The molecule has 0 aliphatic carbocycles. The van der Waals surface area contributed by atoms with Crippen molar-refractivity contribution in [3.05, 3.63) is 46.0 Å². The van der Waals surface area contributed by atoms with Crippen molar-refractivity contribution in [2.24, 2.45) is 5.73 Å². The molecule has 1 fully saturated rings. The molecule has 0 radical (unpaired) electrons. The number of nitrogens with two attached hydrogens (primary N) is 1. The zero-order valence-electron chi connectivity index (χ0n) is 15.4. The molecule has 2 aromatic rings. The molecular weight excluding hydrogens is 378 g/mol. The second-order valence-corrected chi connectivity index (χ2v) is 7.97. The number of amides is 3. The fraction of sp³-hybridized carbons (Fsp3) is 0.368. The minimum absolute atomic E-state index is 0.109.